The Morgan fingerprint density at radius 3 is 2.50 bits per heavy atom. The number of nitrogens with one attached hydrogen (secondary N) is 1. The van der Waals surface area contributed by atoms with Gasteiger partial charge >= 0.3 is 18.1 Å². The maximum atomic E-state index is 13.0. The van der Waals surface area contributed by atoms with Gasteiger partial charge in [-0.05, 0) is 80.7 Å². The molecule has 3 atom stereocenters. The number of alkyl halides is 3. The minimum Gasteiger partial charge on any atom is -0.457 e. The Bertz CT molecular complexity index is 1310. The first-order valence-corrected chi connectivity index (χ1v) is 13.1. The number of hydrogen-bond donors (Lipinski definition) is 1. The van der Waals surface area contributed by atoms with Gasteiger partial charge in [0.1, 0.15) is 11.4 Å². The van der Waals surface area contributed by atoms with Crippen molar-refractivity contribution >= 4 is 23.9 Å². The van der Waals surface area contributed by atoms with E-state index < -0.39 is 40.6 Å². The van der Waals surface area contributed by atoms with E-state index in [1.807, 2.05) is 13.1 Å². The predicted molar refractivity (Wildman–Crippen MR) is 142 cm³/mol. The molecule has 0 radical (unpaired) electrons. The number of carbonyl (C=O) groups is 3. The van der Waals surface area contributed by atoms with Crippen molar-refractivity contribution in [3.8, 4) is 5.75 Å². The van der Waals surface area contributed by atoms with Crippen LogP contribution in [0.2, 0.25) is 0 Å². The normalized spacial score (nSPS) is 25.2. The second-order valence-electron chi connectivity index (χ2n) is 10.7. The van der Waals surface area contributed by atoms with Crippen LogP contribution in [0, 0.1) is 0 Å². The van der Waals surface area contributed by atoms with Crippen molar-refractivity contribution in [2.75, 3.05) is 20.1 Å². The van der Waals surface area contributed by atoms with Crippen molar-refractivity contribution in [2.24, 2.45) is 0 Å². The second kappa shape index (κ2) is 11.4. The van der Waals surface area contributed by atoms with Crippen LogP contribution in [0.5, 0.6) is 5.75 Å². The SMILES string of the molecule is CC(=O)Oc1cccc(C23CCN(C)CC2(OC(C)=O)CCC(NC(=O)/C=C/c2cccc(C(F)(F)F)c2)C3)c1. The molecular weight excluding hydrogens is 525 g/mol. The summed E-state index contributed by atoms with van der Waals surface area (Å²) in [5, 5.41) is 3.00. The quantitative estimate of drug-likeness (QED) is 0.309. The molecule has 10 heteroatoms. The van der Waals surface area contributed by atoms with Gasteiger partial charge in [-0.3, -0.25) is 14.4 Å². The standard InChI is InChI=1S/C30H33F3N2O5/c1-20(36)39-26-9-5-7-23(17-26)28-14-15-35(3)19-29(28,40-21(2)37)13-12-25(18-28)34-27(38)11-10-22-6-4-8-24(16-22)30(31,32)33/h4-11,16-17,25H,12-15,18-19H2,1-3H3,(H,34,38)/b11-10+. The van der Waals surface area contributed by atoms with Gasteiger partial charge in [0.15, 0.2) is 0 Å². The molecule has 1 amide bonds. The van der Waals surface area contributed by atoms with Crippen LogP contribution >= 0.6 is 0 Å². The molecule has 0 aromatic heterocycles. The Balaban J connectivity index is 1.62. The highest BCUT2D eigenvalue weighted by Crippen LogP contribution is 2.54. The number of likely N-dealkylation sites (N-methyl/N-ethyl adjacent to an activating group) is 1. The molecule has 2 aliphatic rings. The number of halogens is 3. The Kier molecular flexibility index (Phi) is 8.39. The molecule has 0 spiro atoms. The van der Waals surface area contributed by atoms with Crippen LogP contribution in [0.15, 0.2) is 54.6 Å². The summed E-state index contributed by atoms with van der Waals surface area (Å²) in [5.41, 5.74) is -1.22. The van der Waals surface area contributed by atoms with Gasteiger partial charge in [0, 0.05) is 37.9 Å². The van der Waals surface area contributed by atoms with Crippen molar-refractivity contribution in [3.05, 3.63) is 71.3 Å². The highest BCUT2D eigenvalue weighted by atomic mass is 19.4. The lowest BCUT2D eigenvalue weighted by atomic mass is 9.55. The minimum absolute atomic E-state index is 0.261. The fourth-order valence-corrected chi connectivity index (χ4v) is 6.18. The zero-order valence-electron chi connectivity index (χ0n) is 22.7. The Hall–Kier alpha value is -3.66. The molecular formula is C30H33F3N2O5. The lowest BCUT2D eigenvalue weighted by Gasteiger charge is -2.59. The van der Waals surface area contributed by atoms with Gasteiger partial charge < -0.3 is 19.7 Å². The van der Waals surface area contributed by atoms with Gasteiger partial charge in [0.05, 0.1) is 5.56 Å². The zero-order valence-corrected chi connectivity index (χ0v) is 22.7. The van der Waals surface area contributed by atoms with Crippen molar-refractivity contribution in [3.63, 3.8) is 0 Å². The topological polar surface area (TPSA) is 84.9 Å². The van der Waals surface area contributed by atoms with Gasteiger partial charge in [0.2, 0.25) is 5.91 Å². The molecule has 3 unspecified atom stereocenters. The monoisotopic (exact) mass is 558 g/mol. The molecule has 1 N–H and O–H groups in total. The van der Waals surface area contributed by atoms with Crippen molar-refractivity contribution < 1.29 is 37.0 Å². The van der Waals surface area contributed by atoms with Crippen LogP contribution in [-0.2, 0) is 30.7 Å². The summed E-state index contributed by atoms with van der Waals surface area (Å²) in [4.78, 5) is 39.0. The van der Waals surface area contributed by atoms with Gasteiger partial charge in [0.25, 0.3) is 0 Å². The molecule has 2 fully saturated rings. The van der Waals surface area contributed by atoms with Crippen LogP contribution in [0.25, 0.3) is 6.08 Å². The largest absolute Gasteiger partial charge is 0.457 e. The summed E-state index contributed by atoms with van der Waals surface area (Å²) in [6.45, 7) is 3.93. The second-order valence-corrected chi connectivity index (χ2v) is 10.7. The van der Waals surface area contributed by atoms with Gasteiger partial charge in [-0.15, -0.1) is 0 Å². The van der Waals surface area contributed by atoms with E-state index in [9.17, 15) is 27.6 Å². The third kappa shape index (κ3) is 6.38. The molecule has 40 heavy (non-hydrogen) atoms. The van der Waals surface area contributed by atoms with E-state index in [4.69, 9.17) is 9.47 Å². The number of ether oxygens (including phenoxy) is 2. The maximum absolute atomic E-state index is 13.0. The van der Waals surface area contributed by atoms with Crippen molar-refractivity contribution in [1.29, 1.82) is 0 Å². The average Bonchev–Trinajstić information content (AvgIpc) is 2.87. The molecule has 4 rings (SSSR count). The molecule has 1 aliphatic carbocycles. The number of amides is 1. The third-order valence-electron chi connectivity index (χ3n) is 7.78. The fraction of sp³-hybridized carbons (Fsp3) is 0.433. The number of benzene rings is 2. The van der Waals surface area contributed by atoms with E-state index >= 15 is 0 Å². The zero-order chi connectivity index (χ0) is 29.1. The molecule has 2 aromatic carbocycles. The summed E-state index contributed by atoms with van der Waals surface area (Å²) < 4.78 is 50.6. The van der Waals surface area contributed by atoms with E-state index in [-0.39, 0.29) is 11.6 Å². The predicted octanol–water partition coefficient (Wildman–Crippen LogP) is 4.89. The number of carbonyl (C=O) groups excluding carboxylic acids is 3. The smallest absolute Gasteiger partial charge is 0.416 e. The summed E-state index contributed by atoms with van der Waals surface area (Å²) >= 11 is 0. The van der Waals surface area contributed by atoms with E-state index in [1.54, 1.807) is 18.2 Å². The highest BCUT2D eigenvalue weighted by Gasteiger charge is 2.60. The van der Waals surface area contributed by atoms with Crippen LogP contribution in [-0.4, -0.2) is 54.5 Å². The van der Waals surface area contributed by atoms with E-state index in [0.717, 1.165) is 24.2 Å². The van der Waals surface area contributed by atoms with E-state index in [2.05, 4.69) is 10.2 Å². The molecule has 214 valence electrons. The van der Waals surface area contributed by atoms with Crippen LogP contribution in [0.1, 0.15) is 56.2 Å². The van der Waals surface area contributed by atoms with Gasteiger partial charge in [-0.25, -0.2) is 0 Å². The van der Waals surface area contributed by atoms with Crippen molar-refractivity contribution in [2.45, 2.75) is 62.8 Å². The van der Waals surface area contributed by atoms with Gasteiger partial charge in [-0.1, -0.05) is 24.3 Å². The first kappa shape index (κ1) is 29.3. The van der Waals surface area contributed by atoms with E-state index in [1.165, 1.54) is 38.1 Å². The molecule has 2 aromatic rings. The summed E-state index contributed by atoms with van der Waals surface area (Å²) in [5.74, 6) is -0.905. The number of hydrogen-bond acceptors (Lipinski definition) is 6. The maximum Gasteiger partial charge on any atom is 0.416 e. The summed E-state index contributed by atoms with van der Waals surface area (Å²) in [7, 11) is 1.97. The van der Waals surface area contributed by atoms with Crippen LogP contribution in [0.3, 0.4) is 0 Å². The number of rotatable bonds is 6. The minimum atomic E-state index is -4.47. The average molecular weight is 559 g/mol. The molecule has 1 heterocycles. The number of likely N-dealkylation sites (tertiary alicyclic amines) is 1. The molecule has 1 saturated carbocycles. The van der Waals surface area contributed by atoms with Crippen LogP contribution in [0.4, 0.5) is 13.2 Å². The third-order valence-corrected chi connectivity index (χ3v) is 7.78. The number of fused-ring (bicyclic) bond motifs is 1. The van der Waals surface area contributed by atoms with Crippen molar-refractivity contribution in [1.82, 2.24) is 10.2 Å². The Morgan fingerprint density at radius 2 is 1.80 bits per heavy atom. The first-order valence-electron chi connectivity index (χ1n) is 13.1. The summed E-state index contributed by atoms with van der Waals surface area (Å²) in [6, 6.07) is 11.7. The molecule has 7 nitrogen and oxygen atoms in total. The lowest BCUT2D eigenvalue weighted by Crippen LogP contribution is -2.68. The van der Waals surface area contributed by atoms with Gasteiger partial charge in [-0.2, -0.15) is 13.2 Å². The fourth-order valence-electron chi connectivity index (χ4n) is 6.18. The molecule has 1 aliphatic heterocycles. The number of nitrogens with zero attached hydrogens (tertiary/aromatic N) is 1. The first-order chi connectivity index (χ1) is 18.8. The Labute approximate surface area is 231 Å². The number of piperidine rings is 1. The lowest BCUT2D eigenvalue weighted by molar-refractivity contribution is -0.185. The number of esters is 2. The molecule has 0 bridgehead atoms. The Morgan fingerprint density at radius 1 is 1.05 bits per heavy atom. The van der Waals surface area contributed by atoms with Crippen LogP contribution < -0.4 is 10.1 Å². The van der Waals surface area contributed by atoms with E-state index in [0.29, 0.717) is 38.0 Å². The summed E-state index contributed by atoms with van der Waals surface area (Å²) in [6.07, 6.45) is 0.217. The molecule has 1 saturated heterocycles. The highest BCUT2D eigenvalue weighted by molar-refractivity contribution is 5.92.